The standard InChI is InChI=1S/C14H18N4O/c1-10-8-13(17-14(15)16-10)18(2)9-11-4-6-12(19-3)7-5-11/h4-8H,9H2,1-3H3,(H2,15,16,17). The number of hydrogen-bond acceptors (Lipinski definition) is 5. The Balaban J connectivity index is 2.13. The van der Waals surface area contributed by atoms with E-state index < -0.39 is 0 Å². The molecule has 0 atom stereocenters. The summed E-state index contributed by atoms with van der Waals surface area (Å²) in [5.41, 5.74) is 7.71. The van der Waals surface area contributed by atoms with Crippen molar-refractivity contribution in [3.63, 3.8) is 0 Å². The van der Waals surface area contributed by atoms with Gasteiger partial charge in [0, 0.05) is 25.4 Å². The third-order valence-electron chi connectivity index (χ3n) is 2.83. The van der Waals surface area contributed by atoms with Gasteiger partial charge in [-0.2, -0.15) is 4.98 Å². The van der Waals surface area contributed by atoms with Crippen LogP contribution in [0.1, 0.15) is 11.3 Å². The number of anilines is 2. The van der Waals surface area contributed by atoms with Crippen molar-refractivity contribution in [1.29, 1.82) is 0 Å². The van der Waals surface area contributed by atoms with Crippen LogP contribution in [0.25, 0.3) is 0 Å². The van der Waals surface area contributed by atoms with Gasteiger partial charge in [0.25, 0.3) is 0 Å². The van der Waals surface area contributed by atoms with E-state index in [1.807, 2.05) is 49.2 Å². The van der Waals surface area contributed by atoms with Crippen LogP contribution in [0, 0.1) is 6.92 Å². The second kappa shape index (κ2) is 5.56. The first-order valence-corrected chi connectivity index (χ1v) is 6.03. The molecular formula is C14H18N4O. The molecule has 2 N–H and O–H groups in total. The monoisotopic (exact) mass is 258 g/mol. The molecule has 1 heterocycles. The number of rotatable bonds is 4. The fourth-order valence-corrected chi connectivity index (χ4v) is 1.86. The van der Waals surface area contributed by atoms with Crippen molar-refractivity contribution in [3.05, 3.63) is 41.6 Å². The number of aryl methyl sites for hydroxylation is 1. The third-order valence-corrected chi connectivity index (χ3v) is 2.83. The minimum atomic E-state index is 0.302. The van der Waals surface area contributed by atoms with Crippen LogP contribution < -0.4 is 15.4 Å². The lowest BCUT2D eigenvalue weighted by Crippen LogP contribution is -2.18. The average molecular weight is 258 g/mol. The van der Waals surface area contributed by atoms with Gasteiger partial charge >= 0.3 is 0 Å². The molecule has 0 fully saturated rings. The first-order chi connectivity index (χ1) is 9.08. The van der Waals surface area contributed by atoms with Crippen LogP contribution in [0.3, 0.4) is 0 Å². The van der Waals surface area contributed by atoms with E-state index in [1.54, 1.807) is 7.11 Å². The molecule has 0 unspecified atom stereocenters. The number of ether oxygens (including phenoxy) is 1. The van der Waals surface area contributed by atoms with E-state index in [-0.39, 0.29) is 0 Å². The highest BCUT2D eigenvalue weighted by Gasteiger charge is 2.06. The highest BCUT2D eigenvalue weighted by molar-refractivity contribution is 5.43. The van der Waals surface area contributed by atoms with Gasteiger partial charge in [-0.25, -0.2) is 4.98 Å². The van der Waals surface area contributed by atoms with Crippen molar-refractivity contribution in [3.8, 4) is 5.75 Å². The van der Waals surface area contributed by atoms with Gasteiger partial charge in [-0.3, -0.25) is 0 Å². The van der Waals surface area contributed by atoms with E-state index in [4.69, 9.17) is 10.5 Å². The maximum atomic E-state index is 5.66. The van der Waals surface area contributed by atoms with E-state index in [0.717, 1.165) is 23.8 Å². The lowest BCUT2D eigenvalue weighted by atomic mass is 10.2. The number of nitrogens with zero attached hydrogens (tertiary/aromatic N) is 3. The van der Waals surface area contributed by atoms with Gasteiger partial charge in [0.2, 0.25) is 5.95 Å². The Kier molecular flexibility index (Phi) is 3.85. The van der Waals surface area contributed by atoms with Gasteiger partial charge < -0.3 is 15.4 Å². The number of hydrogen-bond donors (Lipinski definition) is 1. The SMILES string of the molecule is COc1ccc(CN(C)c2cc(C)nc(N)n2)cc1. The summed E-state index contributed by atoms with van der Waals surface area (Å²) in [5, 5.41) is 0. The second-order valence-electron chi connectivity index (χ2n) is 4.43. The van der Waals surface area contributed by atoms with E-state index >= 15 is 0 Å². The van der Waals surface area contributed by atoms with Crippen LogP contribution in [0.15, 0.2) is 30.3 Å². The van der Waals surface area contributed by atoms with Crippen molar-refractivity contribution in [2.45, 2.75) is 13.5 Å². The summed E-state index contributed by atoms with van der Waals surface area (Å²) in [6.07, 6.45) is 0. The molecule has 2 aromatic rings. The number of methoxy groups -OCH3 is 1. The van der Waals surface area contributed by atoms with Crippen molar-refractivity contribution in [1.82, 2.24) is 9.97 Å². The Morgan fingerprint density at radius 2 is 1.89 bits per heavy atom. The summed E-state index contributed by atoms with van der Waals surface area (Å²) in [6, 6.07) is 9.88. The zero-order chi connectivity index (χ0) is 13.8. The first kappa shape index (κ1) is 13.1. The summed E-state index contributed by atoms with van der Waals surface area (Å²) < 4.78 is 5.14. The lowest BCUT2D eigenvalue weighted by Gasteiger charge is -2.19. The molecule has 0 aliphatic carbocycles. The highest BCUT2D eigenvalue weighted by atomic mass is 16.5. The van der Waals surface area contributed by atoms with E-state index in [0.29, 0.717) is 5.95 Å². The number of nitrogen functional groups attached to an aromatic ring is 1. The fraction of sp³-hybridized carbons (Fsp3) is 0.286. The summed E-state index contributed by atoms with van der Waals surface area (Å²) in [4.78, 5) is 10.3. The first-order valence-electron chi connectivity index (χ1n) is 6.03. The Morgan fingerprint density at radius 1 is 1.21 bits per heavy atom. The molecule has 0 spiro atoms. The van der Waals surface area contributed by atoms with Crippen molar-refractivity contribution in [2.24, 2.45) is 0 Å². The molecule has 1 aromatic heterocycles. The molecule has 5 nitrogen and oxygen atoms in total. The van der Waals surface area contributed by atoms with Crippen LogP contribution in [0.4, 0.5) is 11.8 Å². The zero-order valence-electron chi connectivity index (χ0n) is 11.4. The van der Waals surface area contributed by atoms with Gasteiger partial charge in [-0.05, 0) is 24.6 Å². The Morgan fingerprint density at radius 3 is 2.47 bits per heavy atom. The molecule has 5 heteroatoms. The Labute approximate surface area is 113 Å². The molecular weight excluding hydrogens is 240 g/mol. The molecule has 2 rings (SSSR count). The fourth-order valence-electron chi connectivity index (χ4n) is 1.86. The van der Waals surface area contributed by atoms with Crippen LogP contribution >= 0.6 is 0 Å². The number of nitrogens with two attached hydrogens (primary N) is 1. The number of aromatic nitrogens is 2. The van der Waals surface area contributed by atoms with Crippen molar-refractivity contribution < 1.29 is 4.74 Å². The minimum absolute atomic E-state index is 0.302. The Bertz CT molecular complexity index is 534. The quantitative estimate of drug-likeness (QED) is 0.908. The molecule has 0 aliphatic rings. The van der Waals surface area contributed by atoms with Crippen LogP contribution in [0.2, 0.25) is 0 Å². The zero-order valence-corrected chi connectivity index (χ0v) is 11.4. The summed E-state index contributed by atoms with van der Waals surface area (Å²) >= 11 is 0. The van der Waals surface area contributed by atoms with E-state index in [2.05, 4.69) is 9.97 Å². The average Bonchev–Trinajstić information content (AvgIpc) is 2.38. The van der Waals surface area contributed by atoms with E-state index in [9.17, 15) is 0 Å². The molecule has 0 aliphatic heterocycles. The van der Waals surface area contributed by atoms with Crippen molar-refractivity contribution >= 4 is 11.8 Å². The summed E-state index contributed by atoms with van der Waals surface area (Å²) in [5.74, 6) is 1.98. The summed E-state index contributed by atoms with van der Waals surface area (Å²) in [7, 11) is 3.64. The normalized spacial score (nSPS) is 10.3. The molecule has 0 amide bonds. The molecule has 0 saturated heterocycles. The van der Waals surface area contributed by atoms with Crippen LogP contribution in [0.5, 0.6) is 5.75 Å². The maximum absolute atomic E-state index is 5.66. The molecule has 0 bridgehead atoms. The van der Waals surface area contributed by atoms with Crippen LogP contribution in [-0.2, 0) is 6.54 Å². The smallest absolute Gasteiger partial charge is 0.222 e. The van der Waals surface area contributed by atoms with Gasteiger partial charge in [0.05, 0.1) is 7.11 Å². The van der Waals surface area contributed by atoms with Crippen LogP contribution in [-0.4, -0.2) is 24.1 Å². The molecule has 100 valence electrons. The largest absolute Gasteiger partial charge is 0.497 e. The maximum Gasteiger partial charge on any atom is 0.222 e. The summed E-state index contributed by atoms with van der Waals surface area (Å²) in [6.45, 7) is 2.66. The topological polar surface area (TPSA) is 64.3 Å². The second-order valence-corrected chi connectivity index (χ2v) is 4.43. The third kappa shape index (κ3) is 3.34. The predicted molar refractivity (Wildman–Crippen MR) is 76.3 cm³/mol. The van der Waals surface area contributed by atoms with Gasteiger partial charge in [0.1, 0.15) is 11.6 Å². The van der Waals surface area contributed by atoms with Crippen molar-refractivity contribution in [2.75, 3.05) is 24.8 Å². The minimum Gasteiger partial charge on any atom is -0.497 e. The highest BCUT2D eigenvalue weighted by Crippen LogP contribution is 2.17. The van der Waals surface area contributed by atoms with Gasteiger partial charge in [-0.1, -0.05) is 12.1 Å². The Hall–Kier alpha value is -2.30. The van der Waals surface area contributed by atoms with E-state index in [1.165, 1.54) is 5.56 Å². The lowest BCUT2D eigenvalue weighted by molar-refractivity contribution is 0.414. The molecule has 0 saturated carbocycles. The molecule has 1 aromatic carbocycles. The van der Waals surface area contributed by atoms with Gasteiger partial charge in [0.15, 0.2) is 0 Å². The predicted octanol–water partition coefficient (Wildman–Crippen LogP) is 2.01. The van der Waals surface area contributed by atoms with Gasteiger partial charge in [-0.15, -0.1) is 0 Å². The molecule has 19 heavy (non-hydrogen) atoms. The number of benzene rings is 1. The molecule has 0 radical (unpaired) electrons.